The van der Waals surface area contributed by atoms with Crippen molar-refractivity contribution < 1.29 is 5.11 Å². The van der Waals surface area contributed by atoms with E-state index in [1.165, 1.54) is 0 Å². The van der Waals surface area contributed by atoms with E-state index in [0.29, 0.717) is 17.7 Å². The number of aromatic nitrogens is 2. The first kappa shape index (κ1) is 16.2. The molecule has 1 heterocycles. The molecule has 0 aromatic carbocycles. The van der Waals surface area contributed by atoms with Gasteiger partial charge in [0.05, 0.1) is 6.61 Å². The Morgan fingerprint density at radius 2 is 1.84 bits per heavy atom. The van der Waals surface area contributed by atoms with Crippen LogP contribution in [0.3, 0.4) is 0 Å². The largest absolute Gasteiger partial charge is 0.395 e. The maximum absolute atomic E-state index is 9.31. The van der Waals surface area contributed by atoms with E-state index in [-0.39, 0.29) is 6.61 Å². The van der Waals surface area contributed by atoms with E-state index in [9.17, 15) is 5.11 Å². The normalized spacial score (nSPS) is 11.1. The maximum Gasteiger partial charge on any atom is 0.137 e. The predicted molar refractivity (Wildman–Crippen MR) is 80.0 cm³/mol. The monoisotopic (exact) mass is 285 g/mol. The number of aliphatic hydroxyl groups excluding tert-OH is 1. The van der Waals surface area contributed by atoms with Crippen LogP contribution in [0.4, 0.5) is 5.82 Å². The molecular weight excluding hydrogens is 262 g/mol. The van der Waals surface area contributed by atoms with E-state index in [2.05, 4.69) is 28.7 Å². The van der Waals surface area contributed by atoms with Gasteiger partial charge in [-0.25, -0.2) is 9.97 Å². The summed E-state index contributed by atoms with van der Waals surface area (Å²) in [4.78, 5) is 11.0. The Morgan fingerprint density at radius 3 is 2.32 bits per heavy atom. The highest BCUT2D eigenvalue weighted by Crippen LogP contribution is 2.26. The Labute approximate surface area is 120 Å². The molecule has 1 aromatic rings. The Bertz CT molecular complexity index is 408. The van der Waals surface area contributed by atoms with Gasteiger partial charge < -0.3 is 10.0 Å². The molecule has 0 spiro atoms. The van der Waals surface area contributed by atoms with Gasteiger partial charge in [0.15, 0.2) is 0 Å². The number of hydrogen-bond acceptors (Lipinski definition) is 4. The van der Waals surface area contributed by atoms with Crippen molar-refractivity contribution in [2.24, 2.45) is 0 Å². The topological polar surface area (TPSA) is 49.2 Å². The Kier molecular flexibility index (Phi) is 6.52. The van der Waals surface area contributed by atoms with Gasteiger partial charge in [-0.05, 0) is 19.8 Å². The van der Waals surface area contributed by atoms with Crippen LogP contribution in [-0.2, 0) is 6.42 Å². The Hall–Kier alpha value is -0.870. The highest BCUT2D eigenvalue weighted by Gasteiger charge is 2.20. The number of anilines is 1. The molecule has 108 valence electrons. The number of rotatable bonds is 7. The highest BCUT2D eigenvalue weighted by molar-refractivity contribution is 6.30. The molecule has 4 nitrogen and oxygen atoms in total. The van der Waals surface area contributed by atoms with Crippen molar-refractivity contribution >= 4 is 17.4 Å². The van der Waals surface area contributed by atoms with Crippen LogP contribution in [0, 0.1) is 6.92 Å². The average Bonchev–Trinajstić information content (AvgIpc) is 2.42. The number of aryl methyl sites for hydroxylation is 1. The van der Waals surface area contributed by atoms with Crippen LogP contribution in [0.5, 0.6) is 0 Å². The molecule has 0 fully saturated rings. The van der Waals surface area contributed by atoms with Crippen LogP contribution < -0.4 is 4.90 Å². The summed E-state index contributed by atoms with van der Waals surface area (Å²) in [5.41, 5.74) is 0.888. The summed E-state index contributed by atoms with van der Waals surface area (Å²) in [5, 5.41) is 9.82. The first-order valence-electron chi connectivity index (χ1n) is 6.99. The van der Waals surface area contributed by atoms with Gasteiger partial charge in [-0.15, -0.1) is 0 Å². The minimum absolute atomic E-state index is 0.110. The van der Waals surface area contributed by atoms with Crippen LogP contribution in [0.25, 0.3) is 0 Å². The average molecular weight is 286 g/mol. The van der Waals surface area contributed by atoms with Crippen molar-refractivity contribution in [1.82, 2.24) is 9.97 Å². The zero-order valence-electron chi connectivity index (χ0n) is 12.3. The lowest BCUT2D eigenvalue weighted by molar-refractivity contribution is 0.295. The van der Waals surface area contributed by atoms with Gasteiger partial charge >= 0.3 is 0 Å². The minimum atomic E-state index is 0.110. The summed E-state index contributed by atoms with van der Waals surface area (Å²) in [6, 6.07) is 0.363. The van der Waals surface area contributed by atoms with E-state index in [1.54, 1.807) is 0 Å². The fourth-order valence-corrected chi connectivity index (χ4v) is 2.44. The summed E-state index contributed by atoms with van der Waals surface area (Å²) < 4.78 is 0. The first-order valence-corrected chi connectivity index (χ1v) is 7.37. The summed E-state index contributed by atoms with van der Waals surface area (Å²) >= 11 is 6.19. The number of hydrogen-bond donors (Lipinski definition) is 1. The van der Waals surface area contributed by atoms with E-state index in [0.717, 1.165) is 36.5 Å². The lowest BCUT2D eigenvalue weighted by atomic mass is 10.1. The van der Waals surface area contributed by atoms with Crippen molar-refractivity contribution in [3.05, 3.63) is 16.5 Å². The second-order valence-electron chi connectivity index (χ2n) is 4.62. The molecule has 0 aliphatic heterocycles. The standard InChI is InChI=1S/C14H24ClN3O/c1-5-11(6-2)18(8-9-19)14-10(4)13(15)16-12(7-3)17-14/h11,19H,5-9H2,1-4H3. The molecule has 0 aliphatic carbocycles. The van der Waals surface area contributed by atoms with E-state index < -0.39 is 0 Å². The number of aliphatic hydroxyl groups is 1. The van der Waals surface area contributed by atoms with Gasteiger partial charge in [-0.1, -0.05) is 32.4 Å². The Morgan fingerprint density at radius 1 is 1.21 bits per heavy atom. The molecule has 0 unspecified atom stereocenters. The second-order valence-corrected chi connectivity index (χ2v) is 4.98. The van der Waals surface area contributed by atoms with E-state index >= 15 is 0 Å². The molecular formula is C14H24ClN3O. The summed E-state index contributed by atoms with van der Waals surface area (Å²) in [5.74, 6) is 1.61. The van der Waals surface area contributed by atoms with E-state index in [1.807, 2.05) is 13.8 Å². The van der Waals surface area contributed by atoms with Crippen molar-refractivity contribution in [2.45, 2.75) is 53.0 Å². The molecule has 0 saturated heterocycles. The maximum atomic E-state index is 9.31. The fraction of sp³-hybridized carbons (Fsp3) is 0.714. The van der Waals surface area contributed by atoms with Gasteiger partial charge in [0, 0.05) is 24.6 Å². The van der Waals surface area contributed by atoms with Crippen molar-refractivity contribution in [3.8, 4) is 0 Å². The molecule has 5 heteroatoms. The molecule has 0 radical (unpaired) electrons. The first-order chi connectivity index (χ1) is 9.08. The smallest absolute Gasteiger partial charge is 0.137 e. The van der Waals surface area contributed by atoms with Crippen molar-refractivity contribution in [2.75, 3.05) is 18.1 Å². The third-order valence-electron chi connectivity index (χ3n) is 3.42. The van der Waals surface area contributed by atoms with E-state index in [4.69, 9.17) is 11.6 Å². The second kappa shape index (κ2) is 7.65. The number of halogens is 1. The third-order valence-corrected chi connectivity index (χ3v) is 3.79. The molecule has 0 aliphatic rings. The minimum Gasteiger partial charge on any atom is -0.395 e. The molecule has 0 atom stereocenters. The molecule has 0 bridgehead atoms. The molecule has 1 aromatic heterocycles. The molecule has 1 rings (SSSR count). The van der Waals surface area contributed by atoms with Crippen LogP contribution in [0.2, 0.25) is 5.15 Å². The fourth-order valence-electron chi connectivity index (χ4n) is 2.26. The van der Waals surface area contributed by atoms with Crippen LogP contribution in [0.15, 0.2) is 0 Å². The zero-order chi connectivity index (χ0) is 14.4. The van der Waals surface area contributed by atoms with Gasteiger partial charge in [0.2, 0.25) is 0 Å². The van der Waals surface area contributed by atoms with Crippen LogP contribution in [0.1, 0.15) is 45.0 Å². The van der Waals surface area contributed by atoms with Gasteiger partial charge in [0.25, 0.3) is 0 Å². The van der Waals surface area contributed by atoms with Crippen molar-refractivity contribution in [3.63, 3.8) is 0 Å². The Balaban J connectivity index is 3.24. The SMILES string of the molecule is CCc1nc(Cl)c(C)c(N(CCO)C(CC)CC)n1. The zero-order valence-corrected chi connectivity index (χ0v) is 13.0. The molecule has 0 saturated carbocycles. The lowest BCUT2D eigenvalue weighted by Gasteiger charge is -2.32. The summed E-state index contributed by atoms with van der Waals surface area (Å²) in [6.45, 7) is 8.93. The highest BCUT2D eigenvalue weighted by atomic mass is 35.5. The quantitative estimate of drug-likeness (QED) is 0.783. The van der Waals surface area contributed by atoms with Gasteiger partial charge in [-0.2, -0.15) is 0 Å². The van der Waals surface area contributed by atoms with Gasteiger partial charge in [-0.3, -0.25) is 0 Å². The summed E-state index contributed by atoms with van der Waals surface area (Å²) in [7, 11) is 0. The molecule has 19 heavy (non-hydrogen) atoms. The van der Waals surface area contributed by atoms with Crippen LogP contribution in [-0.4, -0.2) is 34.3 Å². The third kappa shape index (κ3) is 3.80. The lowest BCUT2D eigenvalue weighted by Crippen LogP contribution is -2.38. The molecule has 1 N–H and O–H groups in total. The number of nitrogens with zero attached hydrogens (tertiary/aromatic N) is 3. The predicted octanol–water partition coefficient (Wildman–Crippen LogP) is 2.99. The summed E-state index contributed by atoms with van der Waals surface area (Å²) in [6.07, 6.45) is 2.78. The van der Waals surface area contributed by atoms with Crippen molar-refractivity contribution in [1.29, 1.82) is 0 Å². The molecule has 0 amide bonds. The van der Waals surface area contributed by atoms with Crippen LogP contribution >= 0.6 is 11.6 Å². The van der Waals surface area contributed by atoms with Gasteiger partial charge in [0.1, 0.15) is 16.8 Å².